The van der Waals surface area contributed by atoms with Gasteiger partial charge in [-0.2, -0.15) is 0 Å². The van der Waals surface area contributed by atoms with Crippen molar-refractivity contribution in [2.45, 2.75) is 26.8 Å². The summed E-state index contributed by atoms with van der Waals surface area (Å²) in [4.78, 5) is 12.9. The predicted octanol–water partition coefficient (Wildman–Crippen LogP) is 2.72. The molecule has 88 valence electrons. The Morgan fingerprint density at radius 3 is 2.76 bits per heavy atom. The molecule has 1 aliphatic heterocycles. The quantitative estimate of drug-likeness (QED) is 0.773. The van der Waals surface area contributed by atoms with Gasteiger partial charge in [0.25, 0.3) is 0 Å². The lowest BCUT2D eigenvalue weighted by Crippen LogP contribution is -2.31. The van der Waals surface area contributed by atoms with Crippen LogP contribution in [0.4, 0.5) is 5.95 Å². The highest BCUT2D eigenvalue weighted by atomic mass is 32.1. The molecule has 2 aromatic heterocycles. The third-order valence-electron chi connectivity index (χ3n) is 3.06. The number of hydrogen-bond acceptors (Lipinski definition) is 4. The summed E-state index contributed by atoms with van der Waals surface area (Å²) >= 11 is 1.86. The molecule has 0 spiro atoms. The van der Waals surface area contributed by atoms with Gasteiger partial charge in [0.1, 0.15) is 0 Å². The molecule has 0 radical (unpaired) electrons. The van der Waals surface area contributed by atoms with Gasteiger partial charge in [-0.05, 0) is 43.3 Å². The third kappa shape index (κ3) is 2.05. The molecule has 0 saturated heterocycles. The summed E-state index contributed by atoms with van der Waals surface area (Å²) in [5, 5.41) is 2.18. The second-order valence-corrected chi connectivity index (χ2v) is 5.49. The Morgan fingerprint density at radius 1 is 1.24 bits per heavy atom. The minimum atomic E-state index is 0.874. The van der Waals surface area contributed by atoms with Gasteiger partial charge in [-0.1, -0.05) is 0 Å². The number of aryl methyl sites for hydroxylation is 2. The molecule has 17 heavy (non-hydrogen) atoms. The van der Waals surface area contributed by atoms with Gasteiger partial charge in [-0.3, -0.25) is 0 Å². The topological polar surface area (TPSA) is 29.0 Å². The second-order valence-electron chi connectivity index (χ2n) is 4.49. The summed E-state index contributed by atoms with van der Waals surface area (Å²) < 4.78 is 0. The summed E-state index contributed by atoms with van der Waals surface area (Å²) in [7, 11) is 0. The maximum Gasteiger partial charge on any atom is 0.226 e. The van der Waals surface area contributed by atoms with Crippen molar-refractivity contribution in [3.63, 3.8) is 0 Å². The first kappa shape index (κ1) is 10.7. The van der Waals surface area contributed by atoms with E-state index in [0.29, 0.717) is 0 Å². The lowest BCUT2D eigenvalue weighted by molar-refractivity contribution is 0.713. The molecule has 0 aliphatic carbocycles. The van der Waals surface area contributed by atoms with Crippen molar-refractivity contribution in [1.29, 1.82) is 0 Å². The summed E-state index contributed by atoms with van der Waals surface area (Å²) in [6.45, 7) is 6.02. The van der Waals surface area contributed by atoms with E-state index in [-0.39, 0.29) is 0 Å². The highest BCUT2D eigenvalue weighted by Crippen LogP contribution is 2.26. The van der Waals surface area contributed by atoms with Crippen molar-refractivity contribution in [2.24, 2.45) is 0 Å². The van der Waals surface area contributed by atoms with Gasteiger partial charge in [0, 0.05) is 29.4 Å². The zero-order valence-electron chi connectivity index (χ0n) is 10.1. The molecule has 3 rings (SSSR count). The van der Waals surface area contributed by atoms with Crippen LogP contribution in [-0.4, -0.2) is 16.5 Å². The van der Waals surface area contributed by atoms with E-state index >= 15 is 0 Å². The van der Waals surface area contributed by atoms with Crippen LogP contribution < -0.4 is 4.90 Å². The van der Waals surface area contributed by atoms with Gasteiger partial charge < -0.3 is 4.90 Å². The van der Waals surface area contributed by atoms with Crippen molar-refractivity contribution >= 4 is 17.3 Å². The van der Waals surface area contributed by atoms with Crippen molar-refractivity contribution in [1.82, 2.24) is 9.97 Å². The average molecular weight is 245 g/mol. The number of thiophene rings is 1. The lowest BCUT2D eigenvalue weighted by atomic mass is 10.1. The molecular formula is C13H15N3S. The number of nitrogens with zero attached hydrogens (tertiary/aromatic N) is 3. The fourth-order valence-corrected chi connectivity index (χ4v) is 3.16. The molecule has 0 aromatic carbocycles. The Balaban J connectivity index is 1.91. The SMILES string of the molecule is Cc1cc(C)nc(N2CCc3sccc3C2)n1. The van der Waals surface area contributed by atoms with Gasteiger partial charge in [0.05, 0.1) is 0 Å². The van der Waals surface area contributed by atoms with Crippen molar-refractivity contribution < 1.29 is 0 Å². The maximum atomic E-state index is 4.53. The van der Waals surface area contributed by atoms with E-state index in [9.17, 15) is 0 Å². The molecule has 3 heterocycles. The smallest absolute Gasteiger partial charge is 0.226 e. The normalized spacial score (nSPS) is 14.8. The standard InChI is InChI=1S/C13H15N3S/c1-9-7-10(2)15-13(14-9)16-5-3-12-11(8-16)4-6-17-12/h4,6-7H,3,5,8H2,1-2H3. The van der Waals surface area contributed by atoms with E-state index in [0.717, 1.165) is 36.8 Å². The van der Waals surface area contributed by atoms with Crippen LogP contribution in [0.3, 0.4) is 0 Å². The Kier molecular flexibility index (Phi) is 2.59. The summed E-state index contributed by atoms with van der Waals surface area (Å²) in [6, 6.07) is 4.23. The van der Waals surface area contributed by atoms with Gasteiger partial charge in [0.15, 0.2) is 0 Å². The van der Waals surface area contributed by atoms with Crippen LogP contribution in [0, 0.1) is 13.8 Å². The highest BCUT2D eigenvalue weighted by molar-refractivity contribution is 7.10. The van der Waals surface area contributed by atoms with E-state index in [2.05, 4.69) is 26.3 Å². The maximum absolute atomic E-state index is 4.53. The first-order chi connectivity index (χ1) is 8.22. The number of fused-ring (bicyclic) bond motifs is 1. The van der Waals surface area contributed by atoms with E-state index in [1.807, 2.05) is 31.3 Å². The Morgan fingerprint density at radius 2 is 2.00 bits per heavy atom. The number of aromatic nitrogens is 2. The van der Waals surface area contributed by atoms with Gasteiger partial charge in [0.2, 0.25) is 5.95 Å². The summed E-state index contributed by atoms with van der Waals surface area (Å²) in [5.41, 5.74) is 3.52. The molecule has 2 aromatic rings. The average Bonchev–Trinajstić information content (AvgIpc) is 2.74. The zero-order chi connectivity index (χ0) is 11.8. The van der Waals surface area contributed by atoms with Crippen molar-refractivity contribution in [2.75, 3.05) is 11.4 Å². The Bertz CT molecular complexity index is 527. The van der Waals surface area contributed by atoms with Gasteiger partial charge in [-0.15, -0.1) is 11.3 Å². The predicted molar refractivity (Wildman–Crippen MR) is 70.6 cm³/mol. The highest BCUT2D eigenvalue weighted by Gasteiger charge is 2.19. The number of hydrogen-bond donors (Lipinski definition) is 0. The van der Waals surface area contributed by atoms with E-state index in [4.69, 9.17) is 0 Å². The molecule has 0 amide bonds. The molecule has 0 atom stereocenters. The third-order valence-corrected chi connectivity index (χ3v) is 4.08. The fraction of sp³-hybridized carbons (Fsp3) is 0.385. The largest absolute Gasteiger partial charge is 0.336 e. The molecule has 0 bridgehead atoms. The minimum absolute atomic E-state index is 0.874. The van der Waals surface area contributed by atoms with E-state index < -0.39 is 0 Å². The van der Waals surface area contributed by atoms with Crippen molar-refractivity contribution in [3.05, 3.63) is 39.3 Å². The molecule has 0 N–H and O–H groups in total. The molecule has 0 unspecified atom stereocenters. The van der Waals surface area contributed by atoms with Crippen LogP contribution in [0.5, 0.6) is 0 Å². The first-order valence-corrected chi connectivity index (χ1v) is 6.73. The van der Waals surface area contributed by atoms with Gasteiger partial charge in [-0.25, -0.2) is 9.97 Å². The lowest BCUT2D eigenvalue weighted by Gasteiger charge is -2.27. The zero-order valence-corrected chi connectivity index (χ0v) is 10.9. The van der Waals surface area contributed by atoms with Crippen molar-refractivity contribution in [3.8, 4) is 0 Å². The van der Waals surface area contributed by atoms with Crippen LogP contribution in [-0.2, 0) is 13.0 Å². The molecule has 3 nitrogen and oxygen atoms in total. The first-order valence-electron chi connectivity index (χ1n) is 5.85. The molecule has 0 saturated carbocycles. The monoisotopic (exact) mass is 245 g/mol. The Hall–Kier alpha value is -1.42. The van der Waals surface area contributed by atoms with Gasteiger partial charge >= 0.3 is 0 Å². The van der Waals surface area contributed by atoms with Crippen LogP contribution >= 0.6 is 11.3 Å². The van der Waals surface area contributed by atoms with Crippen LogP contribution in [0.2, 0.25) is 0 Å². The van der Waals surface area contributed by atoms with Crippen LogP contribution in [0.15, 0.2) is 17.5 Å². The number of rotatable bonds is 1. The molecule has 0 fully saturated rings. The van der Waals surface area contributed by atoms with Crippen LogP contribution in [0.1, 0.15) is 21.8 Å². The van der Waals surface area contributed by atoms with E-state index in [1.54, 1.807) is 0 Å². The Labute approximate surface area is 105 Å². The van der Waals surface area contributed by atoms with Crippen LogP contribution in [0.25, 0.3) is 0 Å². The van der Waals surface area contributed by atoms with E-state index in [1.165, 1.54) is 10.4 Å². The molecule has 1 aliphatic rings. The number of anilines is 1. The molecule has 4 heteroatoms. The fourth-order valence-electron chi connectivity index (χ4n) is 2.27. The molecular weight excluding hydrogens is 230 g/mol. The minimum Gasteiger partial charge on any atom is -0.336 e. The second kappa shape index (κ2) is 4.11. The summed E-state index contributed by atoms with van der Waals surface area (Å²) in [5.74, 6) is 0.874. The summed E-state index contributed by atoms with van der Waals surface area (Å²) in [6.07, 6.45) is 1.11.